The molecule has 0 bridgehead atoms. The van der Waals surface area contributed by atoms with Gasteiger partial charge in [-0.25, -0.2) is 10.2 Å². The van der Waals surface area contributed by atoms with Crippen LogP contribution in [-0.4, -0.2) is 50.1 Å². The van der Waals surface area contributed by atoms with Crippen molar-refractivity contribution in [2.75, 3.05) is 26.9 Å². The van der Waals surface area contributed by atoms with Crippen molar-refractivity contribution in [2.45, 2.75) is 13.8 Å². The highest BCUT2D eigenvalue weighted by Crippen LogP contribution is 2.36. The number of hydrogen-bond acceptors (Lipinski definition) is 7. The van der Waals surface area contributed by atoms with Crippen molar-refractivity contribution in [2.24, 2.45) is 5.10 Å². The topological polar surface area (TPSA) is 116 Å². The summed E-state index contributed by atoms with van der Waals surface area (Å²) in [6.45, 7) is 4.12. The quantitative estimate of drug-likeness (QED) is 0.362. The summed E-state index contributed by atoms with van der Waals surface area (Å²) in [6.07, 6.45) is 1.42. The molecule has 0 unspecified atom stereocenters. The lowest BCUT2D eigenvalue weighted by atomic mass is 10.2. The first-order chi connectivity index (χ1) is 14.9. The van der Waals surface area contributed by atoms with Gasteiger partial charge in [-0.05, 0) is 65.7 Å². The Morgan fingerprint density at radius 1 is 1.06 bits per heavy atom. The zero-order chi connectivity index (χ0) is 22.8. The van der Waals surface area contributed by atoms with Crippen LogP contribution in [0.5, 0.6) is 23.0 Å². The Bertz CT molecular complexity index is 963. The summed E-state index contributed by atoms with van der Waals surface area (Å²) in [6, 6.07) is 8.13. The summed E-state index contributed by atoms with van der Waals surface area (Å²) in [7, 11) is 1.43. The van der Waals surface area contributed by atoms with E-state index in [2.05, 4.69) is 26.5 Å². The maximum Gasteiger partial charge on any atom is 0.341 e. The highest BCUT2D eigenvalue weighted by Gasteiger charge is 2.13. The second kappa shape index (κ2) is 11.8. The van der Waals surface area contributed by atoms with Gasteiger partial charge in [-0.3, -0.25) is 4.79 Å². The minimum atomic E-state index is -1.11. The van der Waals surface area contributed by atoms with E-state index < -0.39 is 18.5 Å². The van der Waals surface area contributed by atoms with Crippen LogP contribution in [-0.2, 0) is 4.79 Å². The van der Waals surface area contributed by atoms with Crippen LogP contribution in [0.2, 0.25) is 0 Å². The lowest BCUT2D eigenvalue weighted by molar-refractivity contribution is -0.139. The molecule has 10 heteroatoms. The molecule has 0 aliphatic rings. The summed E-state index contributed by atoms with van der Waals surface area (Å²) in [5, 5.41) is 12.7. The zero-order valence-corrected chi connectivity index (χ0v) is 18.9. The fraction of sp³-hybridized carbons (Fsp3) is 0.286. The van der Waals surface area contributed by atoms with Crippen LogP contribution >= 0.6 is 15.9 Å². The van der Waals surface area contributed by atoms with E-state index in [0.29, 0.717) is 46.1 Å². The van der Waals surface area contributed by atoms with E-state index in [4.69, 9.17) is 24.1 Å². The number of nitrogens with zero attached hydrogens (tertiary/aromatic N) is 1. The molecule has 0 atom stereocenters. The zero-order valence-electron chi connectivity index (χ0n) is 17.3. The predicted molar refractivity (Wildman–Crippen MR) is 118 cm³/mol. The molecule has 1 amide bonds. The number of hydrazone groups is 1. The van der Waals surface area contributed by atoms with Gasteiger partial charge in [0.15, 0.2) is 29.6 Å². The number of nitrogens with one attached hydrogen (secondary N) is 1. The van der Waals surface area contributed by atoms with Crippen molar-refractivity contribution in [3.63, 3.8) is 0 Å². The number of carbonyl (C=O) groups excluding carboxylic acids is 1. The molecular formula is C21H23BrN2O7. The van der Waals surface area contributed by atoms with Gasteiger partial charge in [0.05, 0.1) is 31.0 Å². The number of ether oxygens (including phenoxy) is 4. The lowest BCUT2D eigenvalue weighted by Crippen LogP contribution is -2.17. The third-order valence-corrected chi connectivity index (χ3v) is 4.37. The van der Waals surface area contributed by atoms with Gasteiger partial charge < -0.3 is 24.1 Å². The average Bonchev–Trinajstić information content (AvgIpc) is 2.73. The lowest BCUT2D eigenvalue weighted by Gasteiger charge is -2.12. The first-order valence-electron chi connectivity index (χ1n) is 9.34. The van der Waals surface area contributed by atoms with Crippen molar-refractivity contribution in [1.29, 1.82) is 0 Å². The number of carboxylic acids is 1. The minimum absolute atomic E-state index is 0.254. The maximum absolute atomic E-state index is 12.4. The summed E-state index contributed by atoms with van der Waals surface area (Å²) in [5.74, 6) is 0.0788. The molecule has 0 fully saturated rings. The number of methoxy groups -OCH3 is 1. The van der Waals surface area contributed by atoms with Gasteiger partial charge in [0.2, 0.25) is 0 Å². The molecule has 2 rings (SSSR count). The minimum Gasteiger partial charge on any atom is -0.493 e. The van der Waals surface area contributed by atoms with Gasteiger partial charge in [-0.15, -0.1) is 0 Å². The summed E-state index contributed by atoms with van der Waals surface area (Å²) in [5.41, 5.74) is 3.40. The Balaban J connectivity index is 2.12. The number of rotatable bonds is 11. The average molecular weight is 495 g/mol. The molecule has 0 saturated carbocycles. The van der Waals surface area contributed by atoms with E-state index in [1.165, 1.54) is 13.3 Å². The number of hydrogen-bond donors (Lipinski definition) is 2. The molecule has 0 aliphatic carbocycles. The van der Waals surface area contributed by atoms with Crippen LogP contribution in [0.25, 0.3) is 0 Å². The summed E-state index contributed by atoms with van der Waals surface area (Å²) >= 11 is 3.32. The normalized spacial score (nSPS) is 10.6. The Morgan fingerprint density at radius 2 is 1.77 bits per heavy atom. The van der Waals surface area contributed by atoms with E-state index in [9.17, 15) is 9.59 Å². The van der Waals surface area contributed by atoms with Gasteiger partial charge in [0, 0.05) is 5.56 Å². The molecule has 0 spiro atoms. The molecule has 31 heavy (non-hydrogen) atoms. The van der Waals surface area contributed by atoms with Crippen LogP contribution in [0, 0.1) is 0 Å². The second-order valence-electron chi connectivity index (χ2n) is 5.94. The van der Waals surface area contributed by atoms with Crippen molar-refractivity contribution >= 4 is 34.0 Å². The van der Waals surface area contributed by atoms with E-state index in [0.717, 1.165) is 0 Å². The second-order valence-corrected chi connectivity index (χ2v) is 6.80. The molecular weight excluding hydrogens is 472 g/mol. The van der Waals surface area contributed by atoms with Crippen LogP contribution in [0.1, 0.15) is 29.8 Å². The molecule has 0 aromatic heterocycles. The monoisotopic (exact) mass is 494 g/mol. The molecule has 0 heterocycles. The molecule has 0 aliphatic heterocycles. The number of aliphatic carboxylic acids is 1. The Hall–Kier alpha value is -3.27. The Morgan fingerprint density at radius 3 is 2.42 bits per heavy atom. The molecule has 0 saturated heterocycles. The summed E-state index contributed by atoms with van der Waals surface area (Å²) < 4.78 is 22.0. The molecule has 2 N–H and O–H groups in total. The van der Waals surface area contributed by atoms with Crippen molar-refractivity contribution in [3.05, 3.63) is 45.9 Å². The van der Waals surface area contributed by atoms with Crippen LogP contribution in [0.15, 0.2) is 39.9 Å². The van der Waals surface area contributed by atoms with Gasteiger partial charge >= 0.3 is 5.97 Å². The largest absolute Gasteiger partial charge is 0.493 e. The Kier molecular flexibility index (Phi) is 9.13. The molecule has 2 aromatic rings. The van der Waals surface area contributed by atoms with Crippen LogP contribution < -0.4 is 24.4 Å². The van der Waals surface area contributed by atoms with E-state index in [1.54, 1.807) is 30.3 Å². The number of halogens is 1. The maximum atomic E-state index is 12.4. The number of amides is 1. The van der Waals surface area contributed by atoms with Gasteiger partial charge in [0.25, 0.3) is 5.91 Å². The van der Waals surface area contributed by atoms with Crippen LogP contribution in [0.4, 0.5) is 0 Å². The molecule has 166 valence electrons. The van der Waals surface area contributed by atoms with Gasteiger partial charge in [0.1, 0.15) is 0 Å². The van der Waals surface area contributed by atoms with E-state index in [1.807, 2.05) is 13.8 Å². The van der Waals surface area contributed by atoms with Crippen LogP contribution in [0.3, 0.4) is 0 Å². The van der Waals surface area contributed by atoms with Crippen molar-refractivity contribution < 1.29 is 33.6 Å². The number of carbonyl (C=O) groups is 2. The van der Waals surface area contributed by atoms with Gasteiger partial charge in [-0.1, -0.05) is 0 Å². The third kappa shape index (κ3) is 6.88. The highest BCUT2D eigenvalue weighted by atomic mass is 79.9. The highest BCUT2D eigenvalue weighted by molar-refractivity contribution is 9.10. The first kappa shape index (κ1) is 24.0. The fourth-order valence-electron chi connectivity index (χ4n) is 2.51. The summed E-state index contributed by atoms with van der Waals surface area (Å²) in [4.78, 5) is 23.1. The molecule has 0 radical (unpaired) electrons. The van der Waals surface area contributed by atoms with E-state index >= 15 is 0 Å². The predicted octanol–water partition coefficient (Wildman–Crippen LogP) is 3.48. The van der Waals surface area contributed by atoms with Crippen molar-refractivity contribution in [1.82, 2.24) is 5.43 Å². The first-order valence-corrected chi connectivity index (χ1v) is 10.1. The molecule has 9 nitrogen and oxygen atoms in total. The number of carboxylic acid groups (broad SMARTS) is 1. The van der Waals surface area contributed by atoms with Gasteiger partial charge in [-0.2, -0.15) is 5.10 Å². The Labute approximate surface area is 188 Å². The SMILES string of the molecule is CCOc1ccc(C(=O)N/N=C/c2cc(Br)c(OCC(=O)O)c(OC)c2)cc1OCC. The van der Waals surface area contributed by atoms with Crippen molar-refractivity contribution in [3.8, 4) is 23.0 Å². The number of benzene rings is 2. The standard InChI is InChI=1S/C21H23BrN2O7/c1-4-29-16-7-6-14(10-17(16)30-5-2)21(27)24-23-11-13-8-15(22)20(18(9-13)28-3)31-12-19(25)26/h6-11H,4-5,12H2,1-3H3,(H,24,27)(H,25,26)/b23-11+. The molecule has 2 aromatic carbocycles. The smallest absolute Gasteiger partial charge is 0.341 e. The fourth-order valence-corrected chi connectivity index (χ4v) is 3.08. The third-order valence-electron chi connectivity index (χ3n) is 3.78. The van der Waals surface area contributed by atoms with E-state index in [-0.39, 0.29) is 5.75 Å².